The minimum absolute atomic E-state index is 0.00273. The summed E-state index contributed by atoms with van der Waals surface area (Å²) in [4.78, 5) is 77.5. The molecule has 0 bridgehead atoms. The number of hydrogen-bond acceptors (Lipinski definition) is 18. The number of nitrogens with one attached hydrogen (secondary N) is 5. The summed E-state index contributed by atoms with van der Waals surface area (Å²) in [6, 6.07) is 29.8. The van der Waals surface area contributed by atoms with E-state index >= 15 is 0 Å². The van der Waals surface area contributed by atoms with Crippen LogP contribution in [0.1, 0.15) is 205 Å². The van der Waals surface area contributed by atoms with Crippen LogP contribution >= 0.6 is 31.9 Å². The molecule has 0 radical (unpaired) electrons. The molecule has 0 aliphatic heterocycles. The van der Waals surface area contributed by atoms with E-state index in [-0.39, 0.29) is 17.7 Å². The number of halogens is 2. The van der Waals surface area contributed by atoms with Crippen molar-refractivity contribution in [2.75, 3.05) is 47.3 Å². The predicted octanol–water partition coefficient (Wildman–Crippen LogP) is 11.7. The first-order chi connectivity index (χ1) is 46.2. The highest BCUT2D eigenvalue weighted by Gasteiger charge is 2.25. The van der Waals surface area contributed by atoms with E-state index in [1.165, 1.54) is 0 Å². The van der Waals surface area contributed by atoms with Crippen LogP contribution in [0, 0.1) is 36.0 Å². The summed E-state index contributed by atoms with van der Waals surface area (Å²) in [6.07, 6.45) is 4.21. The van der Waals surface area contributed by atoms with Crippen LogP contribution in [-0.2, 0) is 38.1 Å². The van der Waals surface area contributed by atoms with Crippen molar-refractivity contribution in [1.29, 1.82) is 0 Å². The molecule has 4 atom stereocenters. The molecule has 0 fully saturated rings. The molecule has 0 aliphatic rings. The third-order valence-electron chi connectivity index (χ3n) is 11.8. The largest absolute Gasteiger partial charge is 0.519 e. The Labute approximate surface area is 603 Å². The van der Waals surface area contributed by atoms with Gasteiger partial charge in [0.1, 0.15) is 22.4 Å². The Kier molecular flexibility index (Phi) is 48.1. The highest BCUT2D eigenvalue weighted by molar-refractivity contribution is 9.10. The van der Waals surface area contributed by atoms with Gasteiger partial charge in [0.15, 0.2) is 0 Å². The Hall–Kier alpha value is -8.03. The number of rotatable bonds is 20. The van der Waals surface area contributed by atoms with Gasteiger partial charge >= 0.3 is 24.5 Å². The number of benzene rings is 4. The van der Waals surface area contributed by atoms with Gasteiger partial charge in [-0.2, -0.15) is 0 Å². The van der Waals surface area contributed by atoms with Gasteiger partial charge in [-0.25, -0.2) is 19.2 Å². The maximum Gasteiger partial charge on any atom is 0.519 e. The Morgan fingerprint density at radius 2 is 0.747 bits per heavy atom. The number of aliphatic hydroxyl groups is 4. The highest BCUT2D eigenvalue weighted by Crippen LogP contribution is 2.23. The zero-order valence-electron chi connectivity index (χ0n) is 60.1. The van der Waals surface area contributed by atoms with Crippen molar-refractivity contribution in [2.24, 2.45) is 11.5 Å². The third-order valence-corrected chi connectivity index (χ3v) is 12.7. The van der Waals surface area contributed by atoms with Crippen molar-refractivity contribution >= 4 is 74.1 Å². The molecule has 23 nitrogen and oxygen atoms in total. The van der Waals surface area contributed by atoms with Crippen molar-refractivity contribution in [3.8, 4) is 36.0 Å². The van der Waals surface area contributed by atoms with Gasteiger partial charge in [-0.15, -0.1) is 12.3 Å². The van der Waals surface area contributed by atoms with Crippen molar-refractivity contribution in [2.45, 2.75) is 194 Å². The van der Waals surface area contributed by atoms with E-state index in [9.17, 15) is 54.0 Å². The minimum atomic E-state index is -1.06. The zero-order valence-corrected chi connectivity index (χ0v) is 63.3. The molecular weight excluding hydrogens is 1400 g/mol. The number of hydrogen-bond donors (Lipinski definition) is 11. The molecule has 4 rings (SSSR count). The van der Waals surface area contributed by atoms with E-state index in [1.54, 1.807) is 83.5 Å². The topological polar surface area (TPSA) is 359 Å². The average Bonchev–Trinajstić information content (AvgIpc) is 0.925. The first-order valence-electron chi connectivity index (χ1n) is 32.1. The summed E-state index contributed by atoms with van der Waals surface area (Å²) in [5, 5.41) is 52.4. The van der Waals surface area contributed by atoms with Gasteiger partial charge in [-0.05, 0) is 193 Å². The van der Waals surface area contributed by atoms with Crippen molar-refractivity contribution in [3.05, 3.63) is 139 Å². The van der Waals surface area contributed by atoms with Crippen molar-refractivity contribution in [1.82, 2.24) is 26.6 Å². The monoisotopic (exact) mass is 1510 g/mol. The quantitative estimate of drug-likeness (QED) is 0.0169. The van der Waals surface area contributed by atoms with Gasteiger partial charge in [0, 0.05) is 92.8 Å². The van der Waals surface area contributed by atoms with E-state index in [1.807, 2.05) is 118 Å². The Morgan fingerprint density at radius 3 is 1.03 bits per heavy atom. The van der Waals surface area contributed by atoms with Gasteiger partial charge in [0.2, 0.25) is 17.7 Å². The fourth-order valence-corrected chi connectivity index (χ4v) is 7.99. The minimum Gasteiger partial charge on any atom is -0.444 e. The summed E-state index contributed by atoms with van der Waals surface area (Å²) in [6.45, 7) is 22.5. The molecule has 548 valence electrons. The molecular formula is C74H107Br2N7O16. The van der Waals surface area contributed by atoms with E-state index in [0.717, 1.165) is 42.3 Å². The number of amides is 5. The molecule has 0 saturated heterocycles. The second kappa shape index (κ2) is 51.2. The molecule has 4 aromatic carbocycles. The van der Waals surface area contributed by atoms with E-state index in [4.69, 9.17) is 36.8 Å². The fraction of sp³-hybridized carbons (Fsp3) is 0.500. The van der Waals surface area contributed by atoms with Crippen LogP contribution in [0.2, 0.25) is 0 Å². The fourth-order valence-electron chi connectivity index (χ4n) is 7.16. The number of carbonyl (C=O) groups excluding carboxylic acids is 7. The lowest BCUT2D eigenvalue weighted by Crippen LogP contribution is -2.33. The second-order valence-corrected chi connectivity index (χ2v) is 27.2. The van der Waals surface area contributed by atoms with Crippen LogP contribution in [0.25, 0.3) is 0 Å². The Bertz CT molecular complexity index is 3210. The molecule has 0 spiro atoms. The molecule has 4 aromatic rings. The number of alkyl carbamates (subject to hydrolysis) is 2. The zero-order chi connectivity index (χ0) is 75.8. The SMILES string of the molecule is C#CCCC(=O)NC.CC(C)(C)OC(=O)NCCC(O)c1cccc(Br)c1.CC(C)(C)OC(=O)OC(=O)OC(C)(C)C.CNC(=O)CCC#Cc1cccc(C(O)CCN)c1.CNC(=O)CCC#Cc1cccc(C(O)CCNC(=O)OC(C)(C)C)c1.NCCC(O)c1cccc(Br)c1. The summed E-state index contributed by atoms with van der Waals surface area (Å²) in [5.74, 6) is 14.2. The van der Waals surface area contributed by atoms with Gasteiger partial charge in [0.25, 0.3) is 0 Å². The first kappa shape index (κ1) is 93.0. The van der Waals surface area contributed by atoms with Crippen LogP contribution in [0.4, 0.5) is 19.2 Å². The molecule has 0 heterocycles. The van der Waals surface area contributed by atoms with Crippen LogP contribution in [0.5, 0.6) is 0 Å². The lowest BCUT2D eigenvalue weighted by molar-refractivity contribution is -0.121. The smallest absolute Gasteiger partial charge is 0.444 e. The normalized spacial score (nSPS) is 11.7. The van der Waals surface area contributed by atoms with Crippen LogP contribution < -0.4 is 38.1 Å². The highest BCUT2D eigenvalue weighted by atomic mass is 79.9. The van der Waals surface area contributed by atoms with Crippen molar-refractivity contribution in [3.63, 3.8) is 0 Å². The molecule has 0 aliphatic carbocycles. The van der Waals surface area contributed by atoms with Crippen LogP contribution in [-0.4, -0.2) is 132 Å². The van der Waals surface area contributed by atoms with Gasteiger partial charge in [-0.3, -0.25) is 14.4 Å². The Balaban J connectivity index is 0. The third kappa shape index (κ3) is 53.6. The first-order valence-corrected chi connectivity index (χ1v) is 33.7. The maximum absolute atomic E-state index is 11.6. The summed E-state index contributed by atoms with van der Waals surface area (Å²) >= 11 is 6.69. The van der Waals surface area contributed by atoms with E-state index in [0.29, 0.717) is 90.4 Å². The van der Waals surface area contributed by atoms with E-state index in [2.05, 4.69) is 92.8 Å². The van der Waals surface area contributed by atoms with Crippen LogP contribution in [0.3, 0.4) is 0 Å². The molecule has 13 N–H and O–H groups in total. The van der Waals surface area contributed by atoms with Crippen molar-refractivity contribution < 1.29 is 77.7 Å². The number of nitrogens with two attached hydrogens (primary N) is 2. The second-order valence-electron chi connectivity index (χ2n) is 25.4. The lowest BCUT2D eigenvalue weighted by Gasteiger charge is -2.20. The van der Waals surface area contributed by atoms with Gasteiger partial charge in [-0.1, -0.05) is 104 Å². The molecule has 25 heteroatoms. The number of aliphatic hydroxyl groups excluding tert-OH is 4. The molecule has 5 amide bonds. The van der Waals surface area contributed by atoms with Gasteiger partial charge < -0.3 is 82.2 Å². The standard InChI is InChI=1S/C20H28N2O4.C15H20N2O2.C14H20BrNO3.C10H18O5.C9H12BrNO.C6H9NO/c1-20(2,3)26-19(25)22-13-12-17(23)16-10-7-9-15(14-16)8-5-6-11-18(24)21-4;1-17-15(19)8-3-2-5-12-6-4-7-13(11-12)14(18)9-10-16;1-14(2,3)19-13(18)16-8-7-12(17)10-5-4-6-11(15)9-10;1-9(2,3)14-7(11)13-8(12)15-10(4,5)6;10-8-3-1-2-7(6-8)9(12)4-5-11;1-3-4-5-6(8)7-2/h7,9-10,14,17,23H,6,11-13H2,1-4H3,(H,21,24)(H,22,25);4,6-7,11,14,18H,3,8-10,16H2,1H3,(H,17,19);4-6,9,12,17H,7-8H2,1-3H3,(H,16,18);1-6H3;1-3,6,9,12H,4-5,11H2;1H,4-5H2,2H3,(H,7,8). The summed E-state index contributed by atoms with van der Waals surface area (Å²) < 4.78 is 26.0. The Morgan fingerprint density at radius 1 is 0.455 bits per heavy atom. The van der Waals surface area contributed by atoms with E-state index < -0.39 is 71.3 Å². The van der Waals surface area contributed by atoms with Gasteiger partial charge in [0.05, 0.1) is 24.4 Å². The summed E-state index contributed by atoms with van der Waals surface area (Å²) in [5.41, 5.74) is 13.2. The number of terminal acetylenes is 1. The molecule has 0 saturated carbocycles. The van der Waals surface area contributed by atoms with Crippen LogP contribution in [0.15, 0.2) is 106 Å². The molecule has 99 heavy (non-hydrogen) atoms. The average molecular weight is 1510 g/mol. The number of carbonyl (C=O) groups is 7. The lowest BCUT2D eigenvalue weighted by atomic mass is 10.0. The molecule has 0 aromatic heterocycles. The predicted molar refractivity (Wildman–Crippen MR) is 392 cm³/mol. The molecule has 4 unspecified atom stereocenters. The maximum atomic E-state index is 11.6. The number of ether oxygens (including phenoxy) is 5. The summed E-state index contributed by atoms with van der Waals surface area (Å²) in [7, 11) is 4.80.